The lowest BCUT2D eigenvalue weighted by atomic mass is 9.67. The van der Waals surface area contributed by atoms with Gasteiger partial charge in [-0.2, -0.15) is 0 Å². The molecule has 0 bridgehead atoms. The number of ketones is 1. The van der Waals surface area contributed by atoms with Crippen LogP contribution in [0.15, 0.2) is 29.3 Å². The molecule has 0 radical (unpaired) electrons. The highest BCUT2D eigenvalue weighted by molar-refractivity contribution is 7.80. The number of hydrogen-bond donors (Lipinski definition) is 2. The average Bonchev–Trinajstić information content (AvgIpc) is 2.35. The van der Waals surface area contributed by atoms with Gasteiger partial charge < -0.3 is 10.4 Å². The maximum atomic E-state index is 12.6. The predicted molar refractivity (Wildman–Crippen MR) is 85.5 cm³/mol. The van der Waals surface area contributed by atoms with Gasteiger partial charge >= 0.3 is 0 Å². The zero-order valence-electron chi connectivity index (χ0n) is 12.1. The molecule has 2 N–H and O–H groups in total. The van der Waals surface area contributed by atoms with Gasteiger partial charge in [0.05, 0.1) is 12.0 Å². The summed E-state index contributed by atoms with van der Waals surface area (Å²) in [4.78, 5) is 17.0. The van der Waals surface area contributed by atoms with E-state index in [-0.39, 0.29) is 28.9 Å². The van der Waals surface area contributed by atoms with E-state index >= 15 is 0 Å². The number of nitrogens with zero attached hydrogens (tertiary/aromatic N) is 1. The molecule has 1 fully saturated rings. The number of carbonyl (C=O) groups is 1. The summed E-state index contributed by atoms with van der Waals surface area (Å²) in [6.45, 7) is 4.16. The van der Waals surface area contributed by atoms with Gasteiger partial charge in [0, 0.05) is 12.1 Å². The van der Waals surface area contributed by atoms with Gasteiger partial charge in [0.25, 0.3) is 0 Å². The van der Waals surface area contributed by atoms with Crippen molar-refractivity contribution < 1.29 is 9.90 Å². The van der Waals surface area contributed by atoms with Crippen LogP contribution in [0.5, 0.6) is 5.75 Å². The average molecular weight is 302 g/mol. The minimum Gasteiger partial charge on any atom is -0.508 e. The molecule has 21 heavy (non-hydrogen) atoms. The van der Waals surface area contributed by atoms with Crippen molar-refractivity contribution in [2.45, 2.75) is 32.7 Å². The molecule has 1 aromatic rings. The van der Waals surface area contributed by atoms with Gasteiger partial charge in [0.15, 0.2) is 5.11 Å². The largest absolute Gasteiger partial charge is 0.508 e. The van der Waals surface area contributed by atoms with Crippen LogP contribution in [0.2, 0.25) is 0 Å². The second-order valence-electron chi connectivity index (χ2n) is 6.59. The summed E-state index contributed by atoms with van der Waals surface area (Å²) in [5.74, 6) is 0.0905. The summed E-state index contributed by atoms with van der Waals surface area (Å²) in [6, 6.07) is 6.73. The normalized spacial score (nSPS) is 27.6. The van der Waals surface area contributed by atoms with Crippen LogP contribution in [0.1, 0.15) is 38.3 Å². The molecule has 1 aliphatic heterocycles. The van der Waals surface area contributed by atoms with Crippen molar-refractivity contribution in [3.8, 4) is 5.75 Å². The van der Waals surface area contributed by atoms with Crippen molar-refractivity contribution in [1.29, 1.82) is 0 Å². The Balaban J connectivity index is 2.02. The monoisotopic (exact) mass is 302 g/mol. The molecule has 4 nitrogen and oxygen atoms in total. The zero-order valence-corrected chi connectivity index (χ0v) is 12.9. The highest BCUT2D eigenvalue weighted by Crippen LogP contribution is 2.41. The van der Waals surface area contributed by atoms with Crippen LogP contribution in [0.3, 0.4) is 0 Å². The van der Waals surface area contributed by atoms with Gasteiger partial charge in [-0.15, -0.1) is 0 Å². The van der Waals surface area contributed by atoms with Crippen molar-refractivity contribution in [1.82, 2.24) is 5.32 Å². The molecule has 1 saturated carbocycles. The van der Waals surface area contributed by atoms with E-state index in [2.05, 4.69) is 24.2 Å². The number of carbonyl (C=O) groups excluding carboxylic acids is 1. The molecule has 1 aliphatic carbocycles. The number of phenols is 1. The SMILES string of the molecule is CC1(C)CC(=O)C2C(=NC(=S)N[C@H]2c2cccc(O)c2)C1. The van der Waals surface area contributed by atoms with Crippen molar-refractivity contribution in [3.05, 3.63) is 29.8 Å². The predicted octanol–water partition coefficient (Wildman–Crippen LogP) is 2.77. The van der Waals surface area contributed by atoms with E-state index in [1.165, 1.54) is 0 Å². The number of thiocarbonyl (C=S) groups is 1. The van der Waals surface area contributed by atoms with Crippen LogP contribution in [0.4, 0.5) is 0 Å². The number of hydrogen-bond acceptors (Lipinski definition) is 3. The first-order valence-corrected chi connectivity index (χ1v) is 7.46. The lowest BCUT2D eigenvalue weighted by molar-refractivity contribution is -0.124. The van der Waals surface area contributed by atoms with Gasteiger partial charge in [0.1, 0.15) is 11.5 Å². The molecule has 2 atom stereocenters. The third kappa shape index (κ3) is 2.70. The first kappa shape index (κ1) is 14.2. The topological polar surface area (TPSA) is 61.7 Å². The smallest absolute Gasteiger partial charge is 0.193 e. The van der Waals surface area contributed by atoms with Gasteiger partial charge in [-0.05, 0) is 41.7 Å². The van der Waals surface area contributed by atoms with Gasteiger partial charge in [-0.3, -0.25) is 4.79 Å². The van der Waals surface area contributed by atoms with Gasteiger partial charge in [-0.1, -0.05) is 26.0 Å². The van der Waals surface area contributed by atoms with Gasteiger partial charge in [-0.25, -0.2) is 4.99 Å². The van der Waals surface area contributed by atoms with Crippen LogP contribution < -0.4 is 5.32 Å². The lowest BCUT2D eigenvalue weighted by Crippen LogP contribution is -2.49. The van der Waals surface area contributed by atoms with Crippen molar-refractivity contribution >= 4 is 28.8 Å². The van der Waals surface area contributed by atoms with E-state index in [9.17, 15) is 9.90 Å². The molecule has 1 aromatic carbocycles. The third-order valence-corrected chi connectivity index (χ3v) is 4.31. The Morgan fingerprint density at radius 3 is 2.86 bits per heavy atom. The van der Waals surface area contributed by atoms with Crippen molar-refractivity contribution in [2.75, 3.05) is 0 Å². The number of rotatable bonds is 1. The maximum Gasteiger partial charge on any atom is 0.193 e. The first-order valence-electron chi connectivity index (χ1n) is 7.05. The summed E-state index contributed by atoms with van der Waals surface area (Å²) in [5, 5.41) is 13.2. The highest BCUT2D eigenvalue weighted by Gasteiger charge is 2.44. The zero-order chi connectivity index (χ0) is 15.2. The molecule has 5 heteroatoms. The summed E-state index contributed by atoms with van der Waals surface area (Å²) in [5.41, 5.74) is 1.67. The number of benzene rings is 1. The van der Waals surface area contributed by atoms with E-state index in [4.69, 9.17) is 12.2 Å². The number of nitrogens with one attached hydrogen (secondary N) is 1. The first-order chi connectivity index (χ1) is 9.85. The molecular formula is C16H18N2O2S. The Hall–Kier alpha value is -1.75. The molecule has 0 spiro atoms. The van der Waals surface area contributed by atoms with Crippen molar-refractivity contribution in [3.63, 3.8) is 0 Å². The minimum absolute atomic E-state index is 0.0667. The lowest BCUT2D eigenvalue weighted by Gasteiger charge is -2.40. The number of Topliss-reactive ketones (excluding diaryl/α,β-unsaturated/α-hetero) is 1. The summed E-state index contributed by atoms with van der Waals surface area (Å²) < 4.78 is 0. The standard InChI is InChI=1S/C16H18N2O2S/c1-16(2)7-11-13(12(20)8-16)14(18-15(21)17-11)9-4-3-5-10(19)6-9/h3-6,13-14,19H,7-8H2,1-2H3,(H,18,21)/t13?,14-/m0/s1. The van der Waals surface area contributed by atoms with Crippen LogP contribution in [0.25, 0.3) is 0 Å². The van der Waals surface area contributed by atoms with Crippen LogP contribution in [-0.4, -0.2) is 21.7 Å². The summed E-state index contributed by atoms with van der Waals surface area (Å²) in [7, 11) is 0. The Kier molecular flexibility index (Phi) is 3.32. The fourth-order valence-corrected chi connectivity index (χ4v) is 3.53. The third-order valence-electron chi connectivity index (χ3n) is 4.11. The van der Waals surface area contributed by atoms with E-state index in [0.717, 1.165) is 17.7 Å². The number of aromatic hydroxyl groups is 1. The van der Waals surface area contributed by atoms with E-state index in [0.29, 0.717) is 11.5 Å². The molecule has 0 aromatic heterocycles. The molecule has 2 aliphatic rings. The van der Waals surface area contributed by atoms with Crippen LogP contribution in [-0.2, 0) is 4.79 Å². The van der Waals surface area contributed by atoms with Crippen LogP contribution >= 0.6 is 12.2 Å². The second kappa shape index (κ2) is 4.91. The Morgan fingerprint density at radius 2 is 2.14 bits per heavy atom. The minimum atomic E-state index is -0.286. The Labute approximate surface area is 129 Å². The molecule has 3 rings (SSSR count). The fraction of sp³-hybridized carbons (Fsp3) is 0.438. The highest BCUT2D eigenvalue weighted by atomic mass is 32.1. The quantitative estimate of drug-likeness (QED) is 0.783. The molecule has 0 amide bonds. The van der Waals surface area contributed by atoms with Crippen LogP contribution in [0, 0.1) is 11.3 Å². The summed E-state index contributed by atoms with van der Waals surface area (Å²) >= 11 is 5.23. The molecular weight excluding hydrogens is 284 g/mol. The number of aliphatic imine (C=N–C) groups is 1. The molecule has 1 heterocycles. The maximum absolute atomic E-state index is 12.6. The van der Waals surface area contributed by atoms with Crippen molar-refractivity contribution in [2.24, 2.45) is 16.3 Å². The Bertz CT molecular complexity index is 651. The van der Waals surface area contributed by atoms with E-state index < -0.39 is 0 Å². The van der Waals surface area contributed by atoms with E-state index in [1.54, 1.807) is 18.2 Å². The molecule has 0 saturated heterocycles. The molecule has 110 valence electrons. The van der Waals surface area contributed by atoms with E-state index in [1.807, 2.05) is 6.07 Å². The number of phenolic OH excluding ortho intramolecular Hbond substituents is 1. The Morgan fingerprint density at radius 1 is 1.38 bits per heavy atom. The fourth-order valence-electron chi connectivity index (χ4n) is 3.29. The number of fused-ring (bicyclic) bond motifs is 1. The summed E-state index contributed by atoms with van der Waals surface area (Å²) in [6.07, 6.45) is 1.32. The second-order valence-corrected chi connectivity index (χ2v) is 6.97. The van der Waals surface area contributed by atoms with Gasteiger partial charge in [0.2, 0.25) is 0 Å². The molecule has 1 unspecified atom stereocenters.